The van der Waals surface area contributed by atoms with Crippen LogP contribution in [-0.4, -0.2) is 32.6 Å². The zero-order valence-corrected chi connectivity index (χ0v) is 19.2. The van der Waals surface area contributed by atoms with Crippen molar-refractivity contribution in [3.8, 4) is 5.75 Å². The van der Waals surface area contributed by atoms with Crippen molar-refractivity contribution < 1.29 is 19.5 Å². The van der Waals surface area contributed by atoms with Crippen molar-refractivity contribution >= 4 is 58.1 Å². The number of benzene rings is 2. The standard InChI is InChI=1S/C22H16ClN3O5S2/c23-10-5-7-11(8-6-10)24-14(28)9-26-21-18(33-22(26)31)15(12-3-1-2-4-13(12)27)16-17(32-21)20(30)25-19(16)29/h1-8,15-17,27H,9H2,(H,24,28)(H,25,29,30). The highest BCUT2D eigenvalue weighted by Crippen LogP contribution is 2.52. The van der Waals surface area contributed by atoms with Crippen LogP contribution in [0.3, 0.4) is 0 Å². The smallest absolute Gasteiger partial charge is 0.308 e. The average molecular weight is 502 g/mol. The molecule has 11 heteroatoms. The molecule has 0 radical (unpaired) electrons. The highest BCUT2D eigenvalue weighted by Gasteiger charge is 2.53. The molecule has 0 aliphatic carbocycles. The van der Waals surface area contributed by atoms with E-state index < -0.39 is 34.8 Å². The summed E-state index contributed by atoms with van der Waals surface area (Å²) in [5.74, 6) is -2.79. The number of halogens is 1. The van der Waals surface area contributed by atoms with Crippen molar-refractivity contribution in [2.45, 2.75) is 22.7 Å². The van der Waals surface area contributed by atoms with Gasteiger partial charge in [0, 0.05) is 27.1 Å². The lowest BCUT2D eigenvalue weighted by Crippen LogP contribution is -2.32. The Labute approximate surface area is 200 Å². The number of thioether (sulfide) groups is 1. The van der Waals surface area contributed by atoms with E-state index in [-0.39, 0.29) is 17.2 Å². The molecule has 3 heterocycles. The normalized spacial score (nSPS) is 21.3. The molecule has 5 rings (SSSR count). The summed E-state index contributed by atoms with van der Waals surface area (Å²) in [6.45, 7) is -0.263. The third kappa shape index (κ3) is 3.84. The molecule has 2 aliphatic heterocycles. The lowest BCUT2D eigenvalue weighted by molar-refractivity contribution is -0.126. The molecule has 33 heavy (non-hydrogen) atoms. The second kappa shape index (κ2) is 8.36. The maximum Gasteiger partial charge on any atom is 0.308 e. The van der Waals surface area contributed by atoms with Crippen LogP contribution in [-0.2, 0) is 20.9 Å². The number of amides is 3. The number of hydrogen-bond acceptors (Lipinski definition) is 7. The van der Waals surface area contributed by atoms with Gasteiger partial charge in [-0.15, -0.1) is 0 Å². The van der Waals surface area contributed by atoms with Gasteiger partial charge in [-0.3, -0.25) is 29.1 Å². The molecule has 1 saturated heterocycles. The summed E-state index contributed by atoms with van der Waals surface area (Å²) in [5, 5.41) is 15.8. The third-order valence-corrected chi connectivity index (χ3v) is 8.46. The summed E-state index contributed by atoms with van der Waals surface area (Å²) in [6, 6.07) is 13.1. The first-order valence-corrected chi connectivity index (χ1v) is 12.0. The number of aromatic nitrogens is 1. The van der Waals surface area contributed by atoms with Crippen LogP contribution in [0.5, 0.6) is 5.75 Å². The molecule has 8 nitrogen and oxygen atoms in total. The molecule has 3 amide bonds. The van der Waals surface area contributed by atoms with Gasteiger partial charge >= 0.3 is 4.87 Å². The number of hydrogen-bond donors (Lipinski definition) is 3. The van der Waals surface area contributed by atoms with E-state index in [0.29, 0.717) is 26.2 Å². The quantitative estimate of drug-likeness (QED) is 0.473. The highest BCUT2D eigenvalue weighted by atomic mass is 35.5. The molecule has 1 aromatic heterocycles. The Kier molecular flexibility index (Phi) is 5.51. The van der Waals surface area contributed by atoms with Crippen molar-refractivity contribution in [2.24, 2.45) is 5.92 Å². The molecule has 3 N–H and O–H groups in total. The van der Waals surface area contributed by atoms with Gasteiger partial charge in [0.2, 0.25) is 17.7 Å². The number of para-hydroxylation sites is 1. The molecule has 3 atom stereocenters. The van der Waals surface area contributed by atoms with Crippen molar-refractivity contribution in [3.05, 3.63) is 73.7 Å². The maximum absolute atomic E-state index is 12.9. The van der Waals surface area contributed by atoms with Gasteiger partial charge in [-0.2, -0.15) is 0 Å². The van der Waals surface area contributed by atoms with Gasteiger partial charge in [0.1, 0.15) is 17.5 Å². The number of carbonyl (C=O) groups excluding carboxylic acids is 3. The summed E-state index contributed by atoms with van der Waals surface area (Å²) in [6.07, 6.45) is 0. The largest absolute Gasteiger partial charge is 0.508 e. The predicted octanol–water partition coefficient (Wildman–Crippen LogP) is 2.79. The maximum atomic E-state index is 12.9. The van der Waals surface area contributed by atoms with Crippen molar-refractivity contribution in [1.82, 2.24) is 9.88 Å². The molecule has 2 aliphatic rings. The average Bonchev–Trinajstić information content (AvgIpc) is 3.24. The lowest BCUT2D eigenvalue weighted by Gasteiger charge is -2.31. The fraction of sp³-hybridized carbons (Fsp3) is 0.182. The number of nitrogens with zero attached hydrogens (tertiary/aromatic N) is 1. The molecular formula is C22H16ClN3O5S2. The van der Waals surface area contributed by atoms with E-state index in [0.717, 1.165) is 23.1 Å². The van der Waals surface area contributed by atoms with Crippen LogP contribution in [0.2, 0.25) is 5.02 Å². The number of thiazole rings is 1. The van der Waals surface area contributed by atoms with Gasteiger partial charge in [-0.05, 0) is 30.3 Å². The zero-order chi connectivity index (χ0) is 23.3. The first-order chi connectivity index (χ1) is 15.8. The second-order valence-electron chi connectivity index (χ2n) is 7.63. The molecular weight excluding hydrogens is 486 g/mol. The van der Waals surface area contributed by atoms with E-state index >= 15 is 0 Å². The topological polar surface area (TPSA) is 118 Å². The van der Waals surface area contributed by atoms with E-state index in [9.17, 15) is 24.3 Å². The van der Waals surface area contributed by atoms with Crippen LogP contribution in [0.25, 0.3) is 0 Å². The molecule has 0 spiro atoms. The van der Waals surface area contributed by atoms with Crippen LogP contribution < -0.4 is 15.5 Å². The van der Waals surface area contributed by atoms with Gasteiger partial charge in [0.25, 0.3) is 0 Å². The fourth-order valence-corrected chi connectivity index (χ4v) is 7.00. The fourth-order valence-electron chi connectivity index (χ4n) is 4.14. The summed E-state index contributed by atoms with van der Waals surface area (Å²) in [7, 11) is 0. The molecule has 0 saturated carbocycles. The molecule has 0 bridgehead atoms. The number of imide groups is 1. The number of nitrogens with one attached hydrogen (secondary N) is 2. The summed E-state index contributed by atoms with van der Waals surface area (Å²) >= 11 is 7.89. The number of anilines is 1. The summed E-state index contributed by atoms with van der Waals surface area (Å²) in [5.41, 5.74) is 0.986. The molecule has 2 aromatic carbocycles. The SMILES string of the molecule is O=C(Cn1c2c(sc1=O)C(c1ccccc1O)C1C(=O)NC(=O)C1S2)Nc1ccc(Cl)cc1. The minimum absolute atomic E-state index is 0.0286. The third-order valence-electron chi connectivity index (χ3n) is 5.59. The van der Waals surface area contributed by atoms with Crippen LogP contribution in [0, 0.1) is 5.92 Å². The van der Waals surface area contributed by atoms with Crippen molar-refractivity contribution in [2.75, 3.05) is 5.32 Å². The Balaban J connectivity index is 1.54. The van der Waals surface area contributed by atoms with E-state index in [2.05, 4.69) is 10.6 Å². The Bertz CT molecular complexity index is 1350. The first kappa shape index (κ1) is 21.7. The van der Waals surface area contributed by atoms with Crippen LogP contribution >= 0.6 is 34.7 Å². The lowest BCUT2D eigenvalue weighted by atomic mass is 9.82. The van der Waals surface area contributed by atoms with E-state index in [4.69, 9.17) is 11.6 Å². The number of fused-ring (bicyclic) bond motifs is 2. The van der Waals surface area contributed by atoms with E-state index in [1.165, 1.54) is 10.6 Å². The van der Waals surface area contributed by atoms with Gasteiger partial charge in [-0.25, -0.2) is 0 Å². The molecule has 1 fully saturated rings. The second-order valence-corrected chi connectivity index (χ2v) is 10.2. The minimum Gasteiger partial charge on any atom is -0.508 e. The number of phenolic OH excluding ortho intramolecular Hbond substituents is 1. The Morgan fingerprint density at radius 3 is 2.55 bits per heavy atom. The van der Waals surface area contributed by atoms with Crippen LogP contribution in [0.15, 0.2) is 58.4 Å². The summed E-state index contributed by atoms with van der Waals surface area (Å²) in [4.78, 5) is 50.9. The Hall–Kier alpha value is -3.08. The first-order valence-electron chi connectivity index (χ1n) is 9.91. The summed E-state index contributed by atoms with van der Waals surface area (Å²) < 4.78 is 1.31. The Morgan fingerprint density at radius 2 is 1.82 bits per heavy atom. The number of phenols is 1. The Morgan fingerprint density at radius 1 is 1.09 bits per heavy atom. The number of carbonyl (C=O) groups is 3. The van der Waals surface area contributed by atoms with Crippen molar-refractivity contribution in [3.63, 3.8) is 0 Å². The molecule has 168 valence electrons. The van der Waals surface area contributed by atoms with Gasteiger partial charge in [0.05, 0.1) is 10.9 Å². The van der Waals surface area contributed by atoms with E-state index in [1.807, 2.05) is 0 Å². The molecule has 3 unspecified atom stereocenters. The molecule has 3 aromatic rings. The van der Waals surface area contributed by atoms with Gasteiger partial charge < -0.3 is 10.4 Å². The van der Waals surface area contributed by atoms with Gasteiger partial charge in [-0.1, -0.05) is 52.9 Å². The van der Waals surface area contributed by atoms with Crippen molar-refractivity contribution in [1.29, 1.82) is 0 Å². The predicted molar refractivity (Wildman–Crippen MR) is 125 cm³/mol. The zero-order valence-electron chi connectivity index (χ0n) is 16.8. The highest BCUT2D eigenvalue weighted by molar-refractivity contribution is 8.00. The number of aromatic hydroxyl groups is 1. The minimum atomic E-state index is -0.769. The monoisotopic (exact) mass is 501 g/mol. The van der Waals surface area contributed by atoms with E-state index in [1.54, 1.807) is 42.5 Å². The number of rotatable bonds is 4. The van der Waals surface area contributed by atoms with Gasteiger partial charge in [0.15, 0.2) is 0 Å². The van der Waals surface area contributed by atoms with Crippen LogP contribution in [0.1, 0.15) is 16.4 Å². The van der Waals surface area contributed by atoms with Crippen LogP contribution in [0.4, 0.5) is 5.69 Å².